The van der Waals surface area contributed by atoms with Crippen LogP contribution in [0, 0.1) is 10.1 Å². The first kappa shape index (κ1) is 14.9. The summed E-state index contributed by atoms with van der Waals surface area (Å²) in [7, 11) is -3.89. The fraction of sp³-hybridized carbons (Fsp3) is 0.111. The fourth-order valence-corrected chi connectivity index (χ4v) is 2.43. The molecule has 1 N–H and O–H groups in total. The predicted octanol–water partition coefficient (Wildman–Crippen LogP) is 2.28. The molecule has 0 unspecified atom stereocenters. The Labute approximate surface area is 113 Å². The molecule has 0 amide bonds. The van der Waals surface area contributed by atoms with E-state index in [-0.39, 0.29) is 21.5 Å². The molecular formula is C9H8Cl2N2O4S. The number of benzene rings is 1. The first-order valence-electron chi connectivity index (χ1n) is 4.51. The van der Waals surface area contributed by atoms with Crippen LogP contribution in [0.15, 0.2) is 34.7 Å². The van der Waals surface area contributed by atoms with Crippen LogP contribution < -0.4 is 4.72 Å². The quantitative estimate of drug-likeness (QED) is 0.667. The molecule has 0 saturated carbocycles. The summed E-state index contributed by atoms with van der Waals surface area (Å²) in [5.74, 6) is 0. The van der Waals surface area contributed by atoms with Crippen molar-refractivity contribution in [3.05, 3.63) is 44.9 Å². The highest BCUT2D eigenvalue weighted by molar-refractivity contribution is 7.89. The number of halogens is 2. The normalized spacial score (nSPS) is 11.2. The number of sulfonamides is 1. The van der Waals surface area contributed by atoms with E-state index in [1.807, 2.05) is 0 Å². The highest BCUT2D eigenvalue weighted by atomic mass is 35.5. The molecule has 1 aromatic carbocycles. The van der Waals surface area contributed by atoms with Crippen molar-refractivity contribution in [3.8, 4) is 0 Å². The van der Waals surface area contributed by atoms with Gasteiger partial charge in [-0.1, -0.05) is 29.8 Å². The van der Waals surface area contributed by atoms with E-state index >= 15 is 0 Å². The number of hydrogen-bond donors (Lipinski definition) is 1. The summed E-state index contributed by atoms with van der Waals surface area (Å²) >= 11 is 11.0. The summed E-state index contributed by atoms with van der Waals surface area (Å²) in [6, 6.07) is 3.18. The zero-order valence-electron chi connectivity index (χ0n) is 8.89. The molecule has 0 aliphatic rings. The lowest BCUT2D eigenvalue weighted by Crippen LogP contribution is -2.24. The topological polar surface area (TPSA) is 89.3 Å². The minimum Gasteiger partial charge on any atom is -0.258 e. The standard InChI is InChI=1S/C9H8Cl2N2O4S/c1-6(10)5-12-18(16,17)7-2-3-8(11)9(4-7)13(14)15/h2-4,12H,1,5H2. The molecule has 0 spiro atoms. The van der Waals surface area contributed by atoms with Gasteiger partial charge in [0.2, 0.25) is 10.0 Å². The van der Waals surface area contributed by atoms with Gasteiger partial charge in [-0.25, -0.2) is 13.1 Å². The molecular weight excluding hydrogens is 303 g/mol. The Hall–Kier alpha value is -1.15. The van der Waals surface area contributed by atoms with Gasteiger partial charge in [-0.3, -0.25) is 10.1 Å². The van der Waals surface area contributed by atoms with E-state index in [0.717, 1.165) is 18.2 Å². The van der Waals surface area contributed by atoms with Crippen molar-refractivity contribution in [1.29, 1.82) is 0 Å². The Morgan fingerprint density at radius 3 is 2.61 bits per heavy atom. The van der Waals surface area contributed by atoms with Crippen LogP contribution in [0.3, 0.4) is 0 Å². The first-order valence-corrected chi connectivity index (χ1v) is 6.75. The summed E-state index contributed by atoms with van der Waals surface area (Å²) in [6.07, 6.45) is 0. The minimum atomic E-state index is -3.89. The number of nitrogens with zero attached hydrogens (tertiary/aromatic N) is 1. The third kappa shape index (κ3) is 3.67. The average molecular weight is 311 g/mol. The van der Waals surface area contributed by atoms with Gasteiger partial charge >= 0.3 is 0 Å². The van der Waals surface area contributed by atoms with Gasteiger partial charge in [-0.2, -0.15) is 0 Å². The molecule has 0 aromatic heterocycles. The van der Waals surface area contributed by atoms with E-state index in [2.05, 4.69) is 11.3 Å². The molecule has 98 valence electrons. The maximum Gasteiger partial charge on any atom is 0.289 e. The largest absolute Gasteiger partial charge is 0.289 e. The van der Waals surface area contributed by atoms with Crippen LogP contribution in [-0.4, -0.2) is 19.9 Å². The monoisotopic (exact) mass is 310 g/mol. The lowest BCUT2D eigenvalue weighted by molar-refractivity contribution is -0.384. The third-order valence-corrected chi connectivity index (χ3v) is 3.73. The number of hydrogen-bond acceptors (Lipinski definition) is 4. The minimum absolute atomic E-state index is 0.0991. The molecule has 9 heteroatoms. The molecule has 0 radical (unpaired) electrons. The maximum atomic E-state index is 11.7. The van der Waals surface area contributed by atoms with E-state index in [1.54, 1.807) is 0 Å². The van der Waals surface area contributed by atoms with Gasteiger partial charge in [0, 0.05) is 17.6 Å². The molecule has 0 heterocycles. The first-order chi connectivity index (χ1) is 8.24. The second-order valence-electron chi connectivity index (χ2n) is 3.21. The van der Waals surface area contributed by atoms with Crippen LogP contribution >= 0.6 is 23.2 Å². The molecule has 0 aliphatic heterocycles. The molecule has 1 aromatic rings. The van der Waals surface area contributed by atoms with Crippen LogP contribution in [0.1, 0.15) is 0 Å². The number of nitro groups is 1. The van der Waals surface area contributed by atoms with Crippen molar-refractivity contribution in [3.63, 3.8) is 0 Å². The Balaban J connectivity index is 3.14. The van der Waals surface area contributed by atoms with Crippen molar-refractivity contribution in [1.82, 2.24) is 4.72 Å². The van der Waals surface area contributed by atoms with Crippen molar-refractivity contribution in [2.24, 2.45) is 0 Å². The van der Waals surface area contributed by atoms with Gasteiger partial charge in [-0.05, 0) is 12.1 Å². The second kappa shape index (κ2) is 5.66. The molecule has 18 heavy (non-hydrogen) atoms. The zero-order valence-corrected chi connectivity index (χ0v) is 11.2. The van der Waals surface area contributed by atoms with E-state index < -0.39 is 20.6 Å². The van der Waals surface area contributed by atoms with Gasteiger partial charge in [0.25, 0.3) is 5.69 Å². The van der Waals surface area contributed by atoms with Gasteiger partial charge in [-0.15, -0.1) is 0 Å². The Kier molecular flexibility index (Phi) is 4.69. The summed E-state index contributed by atoms with van der Waals surface area (Å²) < 4.78 is 25.6. The smallest absolute Gasteiger partial charge is 0.258 e. The van der Waals surface area contributed by atoms with Crippen LogP contribution in [0.25, 0.3) is 0 Å². The number of nitrogens with one attached hydrogen (secondary N) is 1. The van der Waals surface area contributed by atoms with Gasteiger partial charge < -0.3 is 0 Å². The SMILES string of the molecule is C=C(Cl)CNS(=O)(=O)c1ccc(Cl)c([N+](=O)[O-])c1. The van der Waals surface area contributed by atoms with Crippen molar-refractivity contribution in [2.45, 2.75) is 4.90 Å². The third-order valence-electron chi connectivity index (χ3n) is 1.88. The lowest BCUT2D eigenvalue weighted by Gasteiger charge is -2.06. The van der Waals surface area contributed by atoms with Crippen LogP contribution in [-0.2, 0) is 10.0 Å². The van der Waals surface area contributed by atoms with Gasteiger partial charge in [0.1, 0.15) is 5.02 Å². The summed E-state index contributed by atoms with van der Waals surface area (Å²) in [5, 5.41) is 10.6. The van der Waals surface area contributed by atoms with Gasteiger partial charge in [0.15, 0.2) is 0 Å². The molecule has 0 saturated heterocycles. The van der Waals surface area contributed by atoms with E-state index in [4.69, 9.17) is 23.2 Å². The van der Waals surface area contributed by atoms with Crippen LogP contribution in [0.4, 0.5) is 5.69 Å². The zero-order chi connectivity index (χ0) is 13.9. The van der Waals surface area contributed by atoms with Crippen LogP contribution in [0.5, 0.6) is 0 Å². The average Bonchev–Trinajstić information content (AvgIpc) is 2.26. The number of rotatable bonds is 5. The molecule has 0 fully saturated rings. The Bertz CT molecular complexity index is 601. The van der Waals surface area contributed by atoms with Crippen molar-refractivity contribution < 1.29 is 13.3 Å². The molecule has 6 nitrogen and oxygen atoms in total. The van der Waals surface area contributed by atoms with E-state index in [9.17, 15) is 18.5 Å². The van der Waals surface area contributed by atoms with Crippen LogP contribution in [0.2, 0.25) is 5.02 Å². The molecule has 0 bridgehead atoms. The number of nitro benzene ring substituents is 1. The van der Waals surface area contributed by atoms with E-state index in [1.165, 1.54) is 0 Å². The lowest BCUT2D eigenvalue weighted by atomic mass is 10.3. The Morgan fingerprint density at radius 1 is 1.50 bits per heavy atom. The second-order valence-corrected chi connectivity index (χ2v) is 5.92. The van der Waals surface area contributed by atoms with E-state index in [0.29, 0.717) is 0 Å². The summed E-state index contributed by atoms with van der Waals surface area (Å²) in [6.45, 7) is 3.15. The highest BCUT2D eigenvalue weighted by Crippen LogP contribution is 2.26. The molecule has 0 aliphatic carbocycles. The Morgan fingerprint density at radius 2 is 2.11 bits per heavy atom. The highest BCUT2D eigenvalue weighted by Gasteiger charge is 2.20. The van der Waals surface area contributed by atoms with Gasteiger partial charge in [0.05, 0.1) is 9.82 Å². The predicted molar refractivity (Wildman–Crippen MR) is 68.3 cm³/mol. The summed E-state index contributed by atoms with van der Waals surface area (Å²) in [5.41, 5.74) is -0.482. The van der Waals surface area contributed by atoms with Crippen molar-refractivity contribution >= 4 is 38.9 Å². The molecule has 0 atom stereocenters. The maximum absolute atomic E-state index is 11.7. The summed E-state index contributed by atoms with van der Waals surface area (Å²) in [4.78, 5) is 9.61. The molecule has 1 rings (SSSR count). The fourth-order valence-electron chi connectivity index (χ4n) is 1.06. The van der Waals surface area contributed by atoms with Crippen molar-refractivity contribution in [2.75, 3.05) is 6.54 Å².